The minimum absolute atomic E-state index is 0. The van der Waals surface area contributed by atoms with Gasteiger partial charge in [-0.05, 0) is 229 Å². The summed E-state index contributed by atoms with van der Waals surface area (Å²) in [6.45, 7) is 46.6. The van der Waals surface area contributed by atoms with Crippen molar-refractivity contribution in [1.82, 2.24) is 9.80 Å². The van der Waals surface area contributed by atoms with Crippen LogP contribution in [0.1, 0.15) is 243 Å². The van der Waals surface area contributed by atoms with Crippen LogP contribution in [0, 0.1) is 0 Å². The van der Waals surface area contributed by atoms with Gasteiger partial charge in [-0.15, -0.1) is 24.2 Å². The van der Waals surface area contributed by atoms with Crippen molar-refractivity contribution in [2.24, 2.45) is 0 Å². The van der Waals surface area contributed by atoms with Gasteiger partial charge in [0, 0.05) is 35.7 Å². The molecule has 2 atom stereocenters. The third-order valence-electron chi connectivity index (χ3n) is 13.8. The fraction of sp³-hybridized carbons (Fsp3) is 1.00. The SMILES string of the molecule is CC(C)[N-]C(C)C.CC(C)[N-]C(C)C.CCOP(=O)(CCCCN(C)C)OCC.CCOP(=O)(CCCOC1CCCCO1)OCC.CCOP(=O)(Cl)OCC.CCOP(=O)(Cl)OCC.CCOP(=O)(OCC)C(CCCN(C)C)P(=O)(OCC)OCC.CCOP(=O)(OCC)C(CCOC1CCCCO1)P(=O)(OCC)OCC.[Li+].[Li+]. The van der Waals surface area contributed by atoms with Gasteiger partial charge >= 0.3 is 97.2 Å². The van der Waals surface area contributed by atoms with Crippen LogP contribution in [-0.2, 0) is 128 Å². The van der Waals surface area contributed by atoms with Crippen molar-refractivity contribution >= 4 is 82.0 Å². The average Bonchev–Trinajstić information content (AvgIpc) is 0.794. The van der Waals surface area contributed by atoms with Gasteiger partial charge < -0.3 is 93.7 Å². The molecule has 2 aliphatic rings. The molecule has 116 heavy (non-hydrogen) atoms. The third-order valence-corrected chi connectivity index (χ3v) is 33.8. The molecule has 0 spiro atoms. The van der Waals surface area contributed by atoms with E-state index in [0.29, 0.717) is 122 Å². The van der Waals surface area contributed by atoms with Gasteiger partial charge in [0.05, 0.1) is 131 Å². The molecule has 0 saturated carbocycles. The number of rotatable bonds is 58. The maximum absolute atomic E-state index is 13.3. The molecule has 0 aromatic carbocycles. The summed E-state index contributed by atoms with van der Waals surface area (Å²) in [4.78, 5) is 4.13. The number of ether oxygens (including phenoxy) is 4. The van der Waals surface area contributed by atoms with Gasteiger partial charge in [-0.2, -0.15) is 0 Å². The van der Waals surface area contributed by atoms with E-state index in [9.17, 15) is 36.5 Å². The summed E-state index contributed by atoms with van der Waals surface area (Å²) in [7, 11) is -12.4. The fourth-order valence-corrected chi connectivity index (χ4v) is 26.7. The van der Waals surface area contributed by atoms with Crippen molar-refractivity contribution in [1.29, 1.82) is 0 Å². The van der Waals surface area contributed by atoms with Crippen LogP contribution in [0.3, 0.4) is 0 Å². The second-order valence-corrected chi connectivity index (χ2v) is 45.2. The summed E-state index contributed by atoms with van der Waals surface area (Å²) >= 11 is 10.5. The van der Waals surface area contributed by atoms with Gasteiger partial charge in [0.1, 0.15) is 0 Å². The van der Waals surface area contributed by atoms with Crippen molar-refractivity contribution in [3.63, 3.8) is 0 Å². The molecule has 0 aromatic rings. The van der Waals surface area contributed by atoms with Gasteiger partial charge in [-0.3, -0.25) is 45.5 Å². The largest absolute Gasteiger partial charge is 1.00 e. The molecular formula is C72H164Cl2Li2N4O28P8. The maximum Gasteiger partial charge on any atom is 1.00 e. The zero-order chi connectivity index (χ0) is 88.8. The zero-order valence-electron chi connectivity index (χ0n) is 77.6. The molecule has 2 aliphatic heterocycles. The Hall–Kier alpha value is 2.65. The summed E-state index contributed by atoms with van der Waals surface area (Å²) in [6, 6.07) is 2.00. The number of unbranched alkanes of at least 4 members (excludes halogenated alkanes) is 1. The Morgan fingerprint density at radius 1 is 0.328 bits per heavy atom. The van der Waals surface area contributed by atoms with Crippen molar-refractivity contribution in [3.05, 3.63) is 10.6 Å². The van der Waals surface area contributed by atoms with Crippen molar-refractivity contribution in [2.45, 2.75) is 291 Å². The molecule has 0 radical (unpaired) electrons. The summed E-state index contributed by atoms with van der Waals surface area (Å²) in [5.74, 6) is 0. The average molecular weight is 1870 g/mol. The number of hydrogen-bond donors (Lipinski definition) is 0. The maximum atomic E-state index is 13.3. The van der Waals surface area contributed by atoms with E-state index in [4.69, 9.17) is 95.7 Å². The van der Waals surface area contributed by atoms with Crippen LogP contribution in [0.15, 0.2) is 0 Å². The van der Waals surface area contributed by atoms with E-state index in [1.807, 2.05) is 60.8 Å². The van der Waals surface area contributed by atoms with E-state index < -0.39 is 70.3 Å². The first-order valence-electron chi connectivity index (χ1n) is 41.1. The molecular weight excluding hydrogens is 1700 g/mol. The molecule has 32 nitrogen and oxygen atoms in total. The van der Waals surface area contributed by atoms with Crippen LogP contribution in [0.5, 0.6) is 0 Å². The van der Waals surface area contributed by atoms with Crippen LogP contribution in [0.25, 0.3) is 10.6 Å². The molecule has 0 amide bonds. The van der Waals surface area contributed by atoms with Crippen molar-refractivity contribution < 1.29 is 166 Å². The van der Waals surface area contributed by atoms with Crippen LogP contribution < -0.4 is 37.7 Å². The fourth-order valence-electron chi connectivity index (χ4n) is 10.0. The van der Waals surface area contributed by atoms with Gasteiger partial charge in [0.2, 0.25) is 0 Å². The molecule has 0 N–H and O–H groups in total. The molecule has 44 heteroatoms. The Balaban J connectivity index is -0.000000199. The molecule has 2 heterocycles. The first-order valence-corrected chi connectivity index (χ1v) is 55.9. The van der Waals surface area contributed by atoms with Gasteiger partial charge in [-0.25, -0.2) is 9.13 Å². The molecule has 2 fully saturated rings. The Bertz CT molecular complexity index is 2400. The Morgan fingerprint density at radius 2 is 0.569 bits per heavy atom. The molecule has 696 valence electrons. The molecule has 0 aromatic heterocycles. The molecule has 2 saturated heterocycles. The molecule has 0 aliphatic carbocycles. The minimum Gasteiger partial charge on any atom is -0.658 e. The number of hydrogen-bond acceptors (Lipinski definition) is 30. The van der Waals surface area contributed by atoms with Crippen LogP contribution >= 0.6 is 82.0 Å². The van der Waals surface area contributed by atoms with E-state index in [2.05, 4.69) is 89.0 Å². The standard InChI is InChI=1S/C16H34O8P2.C14H33NO6P2.C12H25O5P.C10H24NO3P.2C6H14N.2C4H10ClO3P.2Li/c1-5-21-25(17,22-6-2)16(26(18,23-7-3)24-8-4)12-14-20-15-11-9-10-13-19-15;1-7-18-22(16,19-8-2)14(12-11-13-15(5)6)23(17,20-9-3)21-10-4;1-3-16-18(13,17-4-2)11-7-10-15-12-8-5-6-9-14-12;1-5-13-15(12,14-6-2)10-8-7-9-11(3)4;2*1-5(2)7-6(3)4;2*1-3-7-9(5,6)8-4-2;;/h15-16H,5-14H2,1-4H3;14H,7-13H2,1-6H3;12H,3-11H2,1-2H3;5-10H2,1-4H3;2*5-6H,1-4H3;2*3-4H2,1-2H3;;/q;;;;2*-1;;;2*+1. The van der Waals surface area contributed by atoms with E-state index in [1.54, 1.807) is 83.1 Å². The van der Waals surface area contributed by atoms with Gasteiger partial charge in [-0.1, -0.05) is 55.4 Å². The molecule has 2 rings (SSSR count). The summed E-state index contributed by atoms with van der Waals surface area (Å²) in [5.41, 5.74) is 0. The van der Waals surface area contributed by atoms with E-state index in [0.717, 1.165) is 71.1 Å². The normalized spacial score (nSPS) is 15.0. The first-order chi connectivity index (χ1) is 53.5. The summed E-state index contributed by atoms with van der Waals surface area (Å²) in [6.07, 6.45) is 10.5. The number of nitrogens with zero attached hydrogens (tertiary/aromatic N) is 4. The first kappa shape index (κ1) is 134. The van der Waals surface area contributed by atoms with Gasteiger partial charge in [0.15, 0.2) is 23.4 Å². The predicted molar refractivity (Wildman–Crippen MR) is 467 cm³/mol. The van der Waals surface area contributed by atoms with E-state index >= 15 is 0 Å². The van der Waals surface area contributed by atoms with E-state index in [-0.39, 0.29) is 116 Å². The summed E-state index contributed by atoms with van der Waals surface area (Å²) in [5, 5.41) is 6.60. The van der Waals surface area contributed by atoms with E-state index in [1.165, 1.54) is 0 Å². The zero-order valence-corrected chi connectivity index (χ0v) is 86.3. The number of halogens is 2. The van der Waals surface area contributed by atoms with Crippen LogP contribution in [0.2, 0.25) is 0 Å². The van der Waals surface area contributed by atoms with Crippen molar-refractivity contribution in [3.8, 4) is 0 Å². The second kappa shape index (κ2) is 83.3. The Labute approximate surface area is 739 Å². The third kappa shape index (κ3) is 76.7. The molecule has 2 unspecified atom stereocenters. The molecule has 0 bridgehead atoms. The quantitative estimate of drug-likeness (QED) is 0.0310. The Kier molecular flexibility index (Phi) is 96.3. The van der Waals surface area contributed by atoms with Gasteiger partial charge in [0.25, 0.3) is 0 Å². The van der Waals surface area contributed by atoms with Crippen LogP contribution in [0.4, 0.5) is 0 Å². The second-order valence-electron chi connectivity index (χ2n) is 25.9. The predicted octanol–water partition coefficient (Wildman–Crippen LogP) is 17.9. The summed E-state index contributed by atoms with van der Waals surface area (Å²) < 4.78 is 203. The minimum atomic E-state index is -3.71. The monoisotopic (exact) mass is 1860 g/mol. The van der Waals surface area contributed by atoms with Crippen LogP contribution in [-0.4, -0.2) is 243 Å². The smallest absolute Gasteiger partial charge is 0.658 e. The Morgan fingerprint density at radius 3 is 0.793 bits per heavy atom. The van der Waals surface area contributed by atoms with Crippen molar-refractivity contribution in [2.75, 3.05) is 186 Å². The topological polar surface area (TPSA) is 356 Å².